The quantitative estimate of drug-likeness (QED) is 0.226. The molecule has 0 saturated heterocycles. The van der Waals surface area contributed by atoms with Gasteiger partial charge in [0.05, 0.1) is 4.70 Å². The third kappa shape index (κ3) is 9.28. The van der Waals surface area contributed by atoms with Crippen molar-refractivity contribution in [2.45, 2.75) is 0 Å². The molecule has 0 amide bonds. The van der Waals surface area contributed by atoms with Crippen molar-refractivity contribution in [3.8, 4) is 0 Å². The van der Waals surface area contributed by atoms with Crippen LogP contribution < -0.4 is 51.4 Å². The van der Waals surface area contributed by atoms with E-state index in [9.17, 15) is 8.76 Å². The average Bonchev–Trinajstić information content (AvgIpc) is 1.38. The smallest absolute Gasteiger partial charge is 1.00 e. The fraction of sp³-hybridized carbons (Fsp3) is 0. The molecule has 0 saturated carbocycles. The van der Waals surface area contributed by atoms with Gasteiger partial charge in [-0.1, -0.05) is 12.2 Å². The van der Waals surface area contributed by atoms with E-state index in [0.717, 1.165) is 0 Å². The van der Waals surface area contributed by atoms with Crippen LogP contribution in [-0.2, 0) is 11.1 Å². The Hall–Kier alpha value is 1.84. The first kappa shape index (κ1) is 10.8. The van der Waals surface area contributed by atoms with Gasteiger partial charge < -0.3 is 5.98 Å². The van der Waals surface area contributed by atoms with Crippen LogP contribution in [-0.4, -0.2) is 13.5 Å². The molecule has 0 aromatic rings. The van der Waals surface area contributed by atoms with Crippen LogP contribution >= 0.6 is 12.2 Å². The van der Waals surface area contributed by atoms with E-state index in [4.69, 9.17) is 0 Å². The van der Waals surface area contributed by atoms with Gasteiger partial charge in [-0.3, -0.25) is 4.21 Å². The van der Waals surface area contributed by atoms with E-state index >= 15 is 0 Å². The summed E-state index contributed by atoms with van der Waals surface area (Å²) >= 11 is 1.81. The number of thiocarbonyl (C=S) groups is 1. The van der Waals surface area contributed by atoms with E-state index in [1.54, 1.807) is 0 Å². The fourth-order valence-electron chi connectivity index (χ4n) is 0. The van der Waals surface area contributed by atoms with Crippen molar-refractivity contribution in [1.29, 1.82) is 0 Å². The Kier molecular flexibility index (Phi) is 12.3. The van der Waals surface area contributed by atoms with Gasteiger partial charge in [0.1, 0.15) is 0 Å². The molecule has 0 spiro atoms. The molecule has 0 aliphatic carbocycles. The maximum Gasteiger partial charge on any atom is 1.00 e. The van der Waals surface area contributed by atoms with Gasteiger partial charge >= 0.3 is 51.4 Å². The van der Waals surface area contributed by atoms with Gasteiger partial charge in [0.15, 0.2) is 0 Å². The number of hydrogen-bond donors (Lipinski definition) is 0. The number of hydrogen-bond acceptors (Lipinski definition) is 3. The fourth-order valence-corrected chi connectivity index (χ4v) is 0. The molecule has 0 bridgehead atoms. The summed E-state index contributed by atoms with van der Waals surface area (Å²) in [6.07, 6.45) is 0. The van der Waals surface area contributed by atoms with Crippen LogP contribution in [0.1, 0.15) is 1.43 Å². The third-order valence-corrected chi connectivity index (χ3v) is 0.707. The SMILES string of the molecule is O=S([O-])C=S.[H-].[K+]. The third-order valence-electron chi connectivity index (χ3n) is 0.0786. The zero-order valence-electron chi connectivity index (χ0n) is 4.21. The van der Waals surface area contributed by atoms with E-state index < -0.39 is 11.1 Å². The van der Waals surface area contributed by atoms with Crippen LogP contribution in [0.25, 0.3) is 0 Å². The second-order valence-corrected chi connectivity index (χ2v) is 1.65. The van der Waals surface area contributed by atoms with E-state index in [2.05, 4.69) is 12.2 Å². The van der Waals surface area contributed by atoms with E-state index in [0.29, 0.717) is 4.70 Å². The largest absolute Gasteiger partial charge is 1.00 e. The molecular weight excluding hydrogens is 147 g/mol. The summed E-state index contributed by atoms with van der Waals surface area (Å²) in [5.74, 6) is 0. The predicted molar refractivity (Wildman–Crippen MR) is 23.7 cm³/mol. The molecule has 0 fully saturated rings. The summed E-state index contributed by atoms with van der Waals surface area (Å²) < 4.78 is 19.1. The Labute approximate surface area is 87.9 Å². The summed E-state index contributed by atoms with van der Waals surface area (Å²) in [6, 6.07) is 0. The summed E-state index contributed by atoms with van der Waals surface area (Å²) in [4.78, 5) is 0. The maximum absolute atomic E-state index is 9.21. The van der Waals surface area contributed by atoms with Gasteiger partial charge in [-0.05, 0) is 11.1 Å². The van der Waals surface area contributed by atoms with Crippen LogP contribution in [0.4, 0.5) is 0 Å². The van der Waals surface area contributed by atoms with Crippen molar-refractivity contribution in [3.05, 3.63) is 0 Å². The van der Waals surface area contributed by atoms with Crippen molar-refractivity contribution < 1.29 is 61.6 Å². The average molecular weight is 149 g/mol. The van der Waals surface area contributed by atoms with Crippen LogP contribution in [0, 0.1) is 0 Å². The molecule has 0 aliphatic rings. The summed E-state index contributed by atoms with van der Waals surface area (Å²) in [5.41, 5.74) is 0. The molecule has 0 N–H and O–H groups in total. The normalized spacial score (nSPS) is 11.5. The predicted octanol–water partition coefficient (Wildman–Crippen LogP) is -3.06. The molecule has 0 aromatic carbocycles. The monoisotopic (exact) mass is 149 g/mol. The minimum Gasteiger partial charge on any atom is -1.00 e. The molecule has 0 heterocycles. The molecular formula is CH2KO2S2-. The van der Waals surface area contributed by atoms with Crippen molar-refractivity contribution in [2.24, 2.45) is 0 Å². The molecule has 1 atom stereocenters. The minimum atomic E-state index is -2.13. The van der Waals surface area contributed by atoms with Crippen molar-refractivity contribution in [3.63, 3.8) is 0 Å². The van der Waals surface area contributed by atoms with Gasteiger partial charge in [-0.15, -0.1) is 0 Å². The molecule has 5 heteroatoms. The molecule has 0 aromatic heterocycles. The Bertz CT molecular complexity index is 66.7. The summed E-state index contributed by atoms with van der Waals surface area (Å²) in [7, 11) is 0. The first-order chi connectivity index (χ1) is 2.27. The van der Waals surface area contributed by atoms with Crippen LogP contribution in [0.3, 0.4) is 0 Å². The molecule has 32 valence electrons. The molecule has 0 aliphatic heterocycles. The molecule has 0 radical (unpaired) electrons. The van der Waals surface area contributed by atoms with E-state index in [1.807, 2.05) is 0 Å². The van der Waals surface area contributed by atoms with Crippen LogP contribution in [0.2, 0.25) is 0 Å². The Morgan fingerprint density at radius 2 is 2.17 bits per heavy atom. The Morgan fingerprint density at radius 3 is 2.17 bits per heavy atom. The van der Waals surface area contributed by atoms with Gasteiger partial charge in [-0.2, -0.15) is 0 Å². The molecule has 2 nitrogen and oxygen atoms in total. The Balaban J connectivity index is -0.0000000800. The van der Waals surface area contributed by atoms with Gasteiger partial charge in [0.2, 0.25) is 0 Å². The second kappa shape index (κ2) is 6.84. The van der Waals surface area contributed by atoms with Gasteiger partial charge in [0, 0.05) is 0 Å². The second-order valence-electron chi connectivity index (χ2n) is 0.357. The molecule has 6 heavy (non-hydrogen) atoms. The van der Waals surface area contributed by atoms with Crippen LogP contribution in [0.15, 0.2) is 0 Å². The number of rotatable bonds is 1. The van der Waals surface area contributed by atoms with Crippen LogP contribution in [0.5, 0.6) is 0 Å². The van der Waals surface area contributed by atoms with Gasteiger partial charge in [-0.25, -0.2) is 0 Å². The molecule has 0 rings (SSSR count). The Morgan fingerprint density at radius 1 is 2.00 bits per heavy atom. The van der Waals surface area contributed by atoms with Gasteiger partial charge in [0.25, 0.3) is 0 Å². The van der Waals surface area contributed by atoms with Crippen molar-refractivity contribution >= 4 is 28.0 Å². The van der Waals surface area contributed by atoms with E-state index in [-0.39, 0.29) is 52.8 Å². The first-order valence-corrected chi connectivity index (χ1v) is 2.41. The van der Waals surface area contributed by atoms with E-state index in [1.165, 1.54) is 0 Å². The first-order valence-electron chi connectivity index (χ1n) is 0.805. The standard InChI is InChI=1S/CH2O2S2.K.H/c2-5(3)1-4;;/h1H,(H,2,3);;/q;+1;-1/p-1. The maximum atomic E-state index is 9.21. The zero-order chi connectivity index (χ0) is 4.28. The summed E-state index contributed by atoms with van der Waals surface area (Å²) in [6.45, 7) is 0. The van der Waals surface area contributed by atoms with Crippen molar-refractivity contribution in [1.82, 2.24) is 0 Å². The van der Waals surface area contributed by atoms with Crippen molar-refractivity contribution in [2.75, 3.05) is 0 Å². The summed E-state index contributed by atoms with van der Waals surface area (Å²) in [5, 5.41) is 0. The topological polar surface area (TPSA) is 40.1 Å². The minimum absolute atomic E-state index is 0. The molecule has 1 unspecified atom stereocenters. The zero-order valence-corrected chi connectivity index (χ0v) is 7.97.